The predicted molar refractivity (Wildman–Crippen MR) is 80.8 cm³/mol. The molecule has 5 heteroatoms. The summed E-state index contributed by atoms with van der Waals surface area (Å²) in [6.07, 6.45) is 1.80. The minimum absolute atomic E-state index is 0.0540. The first-order valence-corrected chi connectivity index (χ1v) is 7.36. The van der Waals surface area contributed by atoms with Crippen LogP contribution in [0.25, 0.3) is 10.2 Å². The maximum absolute atomic E-state index is 11.9. The molecule has 1 N–H and O–H groups in total. The predicted octanol–water partition coefficient (Wildman–Crippen LogP) is 2.65. The van der Waals surface area contributed by atoms with Crippen molar-refractivity contribution in [3.63, 3.8) is 0 Å². The molecule has 0 unspecified atom stereocenters. The first kappa shape index (κ1) is 13.8. The number of hydrogen-bond donors (Lipinski definition) is 1. The van der Waals surface area contributed by atoms with E-state index in [-0.39, 0.29) is 11.9 Å². The van der Waals surface area contributed by atoms with Gasteiger partial charge in [-0.25, -0.2) is 0 Å². The number of carbonyl (C=O) groups excluding carboxylic acids is 1. The summed E-state index contributed by atoms with van der Waals surface area (Å²) in [6.45, 7) is 7.17. The number of fused-ring (bicyclic) bond motifs is 1. The third kappa shape index (κ3) is 3.23. The molecule has 2 aromatic rings. The molecule has 0 atom stereocenters. The Morgan fingerprint density at radius 1 is 1.47 bits per heavy atom. The van der Waals surface area contributed by atoms with Gasteiger partial charge in [-0.3, -0.25) is 9.78 Å². The van der Waals surface area contributed by atoms with Crippen LogP contribution in [0, 0.1) is 0 Å². The van der Waals surface area contributed by atoms with E-state index in [1.807, 2.05) is 31.4 Å². The van der Waals surface area contributed by atoms with Gasteiger partial charge in [-0.15, -0.1) is 11.3 Å². The maximum Gasteiger partial charge on any atom is 0.239 e. The maximum atomic E-state index is 11.9. The lowest BCUT2D eigenvalue weighted by atomic mass is 10.3. The average molecular weight is 277 g/mol. The van der Waals surface area contributed by atoms with Crippen LogP contribution in [0.5, 0.6) is 0 Å². The molecule has 2 heterocycles. The Kier molecular flexibility index (Phi) is 4.37. The van der Waals surface area contributed by atoms with Crippen molar-refractivity contribution in [2.24, 2.45) is 0 Å². The summed E-state index contributed by atoms with van der Waals surface area (Å²) in [5, 5.41) is 4.96. The molecular weight excluding hydrogens is 258 g/mol. The molecule has 0 aliphatic carbocycles. The van der Waals surface area contributed by atoms with Gasteiger partial charge in [0.05, 0.1) is 22.4 Å². The second-order valence-electron chi connectivity index (χ2n) is 4.70. The molecule has 0 saturated heterocycles. The van der Waals surface area contributed by atoms with Crippen molar-refractivity contribution in [3.8, 4) is 0 Å². The Balaban J connectivity index is 2.22. The molecule has 19 heavy (non-hydrogen) atoms. The SMILES string of the molecule is CCN(CC(=O)NC(C)C)c1ccnc2ccsc12. The molecule has 2 aromatic heterocycles. The molecule has 4 nitrogen and oxygen atoms in total. The lowest BCUT2D eigenvalue weighted by molar-refractivity contribution is -0.120. The van der Waals surface area contributed by atoms with E-state index in [1.165, 1.54) is 0 Å². The topological polar surface area (TPSA) is 45.2 Å². The molecule has 0 aliphatic heterocycles. The number of pyridine rings is 1. The lowest BCUT2D eigenvalue weighted by Gasteiger charge is -2.23. The summed E-state index contributed by atoms with van der Waals surface area (Å²) in [5.74, 6) is 0.0540. The zero-order chi connectivity index (χ0) is 13.8. The van der Waals surface area contributed by atoms with Crippen LogP contribution >= 0.6 is 11.3 Å². The lowest BCUT2D eigenvalue weighted by Crippen LogP contribution is -2.40. The third-order valence-corrected chi connectivity index (χ3v) is 3.76. The molecule has 0 radical (unpaired) electrons. The van der Waals surface area contributed by atoms with Crippen molar-refractivity contribution in [2.45, 2.75) is 26.8 Å². The zero-order valence-corrected chi connectivity index (χ0v) is 12.3. The number of thiophene rings is 1. The van der Waals surface area contributed by atoms with Gasteiger partial charge in [0.1, 0.15) is 0 Å². The van der Waals surface area contributed by atoms with Gasteiger partial charge in [0.25, 0.3) is 0 Å². The Morgan fingerprint density at radius 2 is 2.26 bits per heavy atom. The molecule has 1 amide bonds. The van der Waals surface area contributed by atoms with Crippen molar-refractivity contribution >= 4 is 33.1 Å². The summed E-state index contributed by atoms with van der Waals surface area (Å²) in [4.78, 5) is 18.3. The Bertz CT molecular complexity index is 565. The highest BCUT2D eigenvalue weighted by atomic mass is 32.1. The van der Waals surface area contributed by atoms with Crippen molar-refractivity contribution in [1.29, 1.82) is 0 Å². The van der Waals surface area contributed by atoms with Crippen LogP contribution in [0.1, 0.15) is 20.8 Å². The first-order chi connectivity index (χ1) is 9.11. The fourth-order valence-electron chi connectivity index (χ4n) is 2.02. The highest BCUT2D eigenvalue weighted by molar-refractivity contribution is 7.17. The molecule has 0 saturated carbocycles. The second kappa shape index (κ2) is 6.02. The molecule has 0 aromatic carbocycles. The molecule has 0 spiro atoms. The van der Waals surface area contributed by atoms with Gasteiger partial charge in [0.15, 0.2) is 0 Å². The second-order valence-corrected chi connectivity index (χ2v) is 5.62. The average Bonchev–Trinajstić information content (AvgIpc) is 2.83. The van der Waals surface area contributed by atoms with Gasteiger partial charge >= 0.3 is 0 Å². The fourth-order valence-corrected chi connectivity index (χ4v) is 2.91. The van der Waals surface area contributed by atoms with Gasteiger partial charge in [-0.2, -0.15) is 0 Å². The molecule has 102 valence electrons. The largest absolute Gasteiger partial charge is 0.361 e. The fraction of sp³-hybridized carbons (Fsp3) is 0.429. The number of aromatic nitrogens is 1. The van der Waals surface area contributed by atoms with Crippen LogP contribution < -0.4 is 10.2 Å². The van der Waals surface area contributed by atoms with Crippen molar-refractivity contribution in [2.75, 3.05) is 18.0 Å². The Hall–Kier alpha value is -1.62. The number of rotatable bonds is 5. The Morgan fingerprint density at radius 3 is 2.95 bits per heavy atom. The van der Waals surface area contributed by atoms with E-state index < -0.39 is 0 Å². The van der Waals surface area contributed by atoms with E-state index in [2.05, 4.69) is 22.1 Å². The van der Waals surface area contributed by atoms with Crippen molar-refractivity contribution < 1.29 is 4.79 Å². The summed E-state index contributed by atoms with van der Waals surface area (Å²) < 4.78 is 1.14. The summed E-state index contributed by atoms with van der Waals surface area (Å²) in [5.41, 5.74) is 2.08. The summed E-state index contributed by atoms with van der Waals surface area (Å²) in [6, 6.07) is 4.15. The number of nitrogens with zero attached hydrogens (tertiary/aromatic N) is 2. The minimum atomic E-state index is 0.0540. The van der Waals surface area contributed by atoms with Crippen LogP contribution in [-0.4, -0.2) is 30.0 Å². The number of likely N-dealkylation sites (N-methyl/N-ethyl adjacent to an activating group) is 1. The molecule has 0 bridgehead atoms. The number of carbonyl (C=O) groups is 1. The van der Waals surface area contributed by atoms with E-state index in [0.717, 1.165) is 22.4 Å². The number of nitrogens with one attached hydrogen (secondary N) is 1. The Labute approximate surface area is 117 Å². The minimum Gasteiger partial charge on any atom is -0.361 e. The van der Waals surface area contributed by atoms with E-state index in [0.29, 0.717) is 6.54 Å². The van der Waals surface area contributed by atoms with E-state index in [1.54, 1.807) is 17.5 Å². The van der Waals surface area contributed by atoms with Crippen LogP contribution in [-0.2, 0) is 4.79 Å². The van der Waals surface area contributed by atoms with Gasteiger partial charge in [-0.1, -0.05) is 0 Å². The van der Waals surface area contributed by atoms with Crippen molar-refractivity contribution in [1.82, 2.24) is 10.3 Å². The number of anilines is 1. The van der Waals surface area contributed by atoms with Crippen LogP contribution in [0.4, 0.5) is 5.69 Å². The summed E-state index contributed by atoms with van der Waals surface area (Å²) in [7, 11) is 0. The van der Waals surface area contributed by atoms with Gasteiger partial charge in [0, 0.05) is 18.8 Å². The van der Waals surface area contributed by atoms with E-state index in [9.17, 15) is 4.79 Å². The first-order valence-electron chi connectivity index (χ1n) is 6.48. The smallest absolute Gasteiger partial charge is 0.239 e. The quantitative estimate of drug-likeness (QED) is 0.914. The molecule has 2 rings (SSSR count). The highest BCUT2D eigenvalue weighted by Gasteiger charge is 2.14. The monoisotopic (exact) mass is 277 g/mol. The number of amides is 1. The van der Waals surface area contributed by atoms with Crippen molar-refractivity contribution in [3.05, 3.63) is 23.7 Å². The van der Waals surface area contributed by atoms with Crippen LogP contribution in [0.2, 0.25) is 0 Å². The standard InChI is InChI=1S/C14H19N3OS/c1-4-17(9-13(18)16-10(2)3)12-5-7-15-11-6-8-19-14(11)12/h5-8,10H,4,9H2,1-3H3,(H,16,18). The van der Waals surface area contributed by atoms with Crippen LogP contribution in [0.15, 0.2) is 23.7 Å². The molecular formula is C14H19N3OS. The van der Waals surface area contributed by atoms with Gasteiger partial charge in [-0.05, 0) is 38.3 Å². The number of hydrogen-bond acceptors (Lipinski definition) is 4. The highest BCUT2D eigenvalue weighted by Crippen LogP contribution is 2.29. The van der Waals surface area contributed by atoms with E-state index in [4.69, 9.17) is 0 Å². The summed E-state index contributed by atoms with van der Waals surface area (Å²) >= 11 is 1.66. The van der Waals surface area contributed by atoms with Gasteiger partial charge < -0.3 is 10.2 Å². The molecule has 0 fully saturated rings. The normalized spacial score (nSPS) is 10.9. The third-order valence-electron chi connectivity index (χ3n) is 2.83. The van der Waals surface area contributed by atoms with Crippen LogP contribution in [0.3, 0.4) is 0 Å². The van der Waals surface area contributed by atoms with E-state index >= 15 is 0 Å². The van der Waals surface area contributed by atoms with Gasteiger partial charge in [0.2, 0.25) is 5.91 Å². The molecule has 0 aliphatic rings. The zero-order valence-electron chi connectivity index (χ0n) is 11.5.